The Balaban J connectivity index is 0.00000243. The van der Waals surface area contributed by atoms with Crippen molar-refractivity contribution in [3.05, 3.63) is 58.9 Å². The maximum atomic E-state index is 14.5. The Morgan fingerprint density at radius 1 is 1.12 bits per heavy atom. The molecule has 26 heavy (non-hydrogen) atoms. The van der Waals surface area contributed by atoms with E-state index in [2.05, 4.69) is 24.5 Å². The summed E-state index contributed by atoms with van der Waals surface area (Å²) in [5.74, 6) is -0.465. The smallest absolute Gasteiger partial charge is 0.254 e. The Kier molecular flexibility index (Phi) is 6.79. The highest BCUT2D eigenvalue weighted by Gasteiger charge is 2.24. The summed E-state index contributed by atoms with van der Waals surface area (Å²) in [6.07, 6.45) is 0.870. The monoisotopic (exact) mass is 376 g/mol. The molecule has 0 aromatic heterocycles. The van der Waals surface area contributed by atoms with Gasteiger partial charge in [-0.2, -0.15) is 0 Å². The molecule has 2 atom stereocenters. The maximum absolute atomic E-state index is 14.5. The first-order valence-corrected chi connectivity index (χ1v) is 8.84. The van der Waals surface area contributed by atoms with E-state index in [9.17, 15) is 9.18 Å². The number of nitrogens with one attached hydrogen (secondary N) is 2. The van der Waals surface area contributed by atoms with Crippen LogP contribution in [0.1, 0.15) is 34.8 Å². The van der Waals surface area contributed by atoms with Crippen LogP contribution in [0.3, 0.4) is 0 Å². The van der Waals surface area contributed by atoms with Gasteiger partial charge in [-0.25, -0.2) is 4.39 Å². The second-order valence-corrected chi connectivity index (χ2v) is 7.04. The highest BCUT2D eigenvalue weighted by atomic mass is 35.5. The Labute approximate surface area is 160 Å². The third kappa shape index (κ3) is 4.43. The molecule has 1 heterocycles. The summed E-state index contributed by atoms with van der Waals surface area (Å²) < 4.78 is 14.5. The van der Waals surface area contributed by atoms with Crippen molar-refractivity contribution in [2.75, 3.05) is 13.1 Å². The first kappa shape index (κ1) is 20.4. The minimum atomic E-state index is -0.477. The SMILES string of the molecule is Cc1ccc(-c2ccc(C(=O)NC3CCNCC3C)c(F)c2)cc1C.Cl. The summed E-state index contributed by atoms with van der Waals surface area (Å²) in [6, 6.07) is 11.0. The lowest BCUT2D eigenvalue weighted by atomic mass is 9.94. The van der Waals surface area contributed by atoms with Gasteiger partial charge in [0.05, 0.1) is 5.56 Å². The average Bonchev–Trinajstić information content (AvgIpc) is 2.59. The number of aryl methyl sites for hydroxylation is 2. The highest BCUT2D eigenvalue weighted by molar-refractivity contribution is 5.95. The predicted molar refractivity (Wildman–Crippen MR) is 106 cm³/mol. The molecule has 3 rings (SSSR count). The third-order valence-electron chi connectivity index (χ3n) is 5.16. The van der Waals surface area contributed by atoms with Crippen LogP contribution in [0.15, 0.2) is 36.4 Å². The molecule has 2 unspecified atom stereocenters. The van der Waals surface area contributed by atoms with Gasteiger partial charge in [-0.15, -0.1) is 12.4 Å². The van der Waals surface area contributed by atoms with Crippen molar-refractivity contribution in [3.8, 4) is 11.1 Å². The van der Waals surface area contributed by atoms with E-state index in [0.29, 0.717) is 5.92 Å². The molecule has 1 amide bonds. The van der Waals surface area contributed by atoms with Gasteiger partial charge in [0.1, 0.15) is 5.82 Å². The van der Waals surface area contributed by atoms with Crippen LogP contribution in [-0.2, 0) is 0 Å². The van der Waals surface area contributed by atoms with Gasteiger partial charge < -0.3 is 10.6 Å². The topological polar surface area (TPSA) is 41.1 Å². The van der Waals surface area contributed by atoms with Crippen molar-refractivity contribution in [1.82, 2.24) is 10.6 Å². The Hall–Kier alpha value is -1.91. The highest BCUT2D eigenvalue weighted by Crippen LogP contribution is 2.24. The summed E-state index contributed by atoms with van der Waals surface area (Å²) in [4.78, 5) is 12.5. The van der Waals surface area contributed by atoms with Crippen molar-refractivity contribution in [1.29, 1.82) is 0 Å². The van der Waals surface area contributed by atoms with Crippen LogP contribution in [0, 0.1) is 25.6 Å². The standard InChI is InChI=1S/C21H25FN2O.ClH/c1-13-4-5-16(10-14(13)2)17-6-7-18(19(22)11-17)21(25)24-20-8-9-23-12-15(20)3;/h4-7,10-11,15,20,23H,8-9,12H2,1-3H3,(H,24,25);1H. The van der Waals surface area contributed by atoms with Crippen molar-refractivity contribution in [2.24, 2.45) is 5.92 Å². The zero-order valence-electron chi connectivity index (χ0n) is 15.4. The zero-order valence-corrected chi connectivity index (χ0v) is 16.3. The summed E-state index contributed by atoms with van der Waals surface area (Å²) in [5.41, 5.74) is 4.22. The fourth-order valence-corrected chi connectivity index (χ4v) is 3.27. The summed E-state index contributed by atoms with van der Waals surface area (Å²) in [7, 11) is 0. The van der Waals surface area contributed by atoms with Gasteiger partial charge in [-0.05, 0) is 73.7 Å². The molecule has 2 aromatic carbocycles. The molecule has 3 nitrogen and oxygen atoms in total. The van der Waals surface area contributed by atoms with Gasteiger partial charge in [0.2, 0.25) is 0 Å². The van der Waals surface area contributed by atoms with E-state index in [4.69, 9.17) is 0 Å². The lowest BCUT2D eigenvalue weighted by molar-refractivity contribution is 0.0910. The van der Waals surface area contributed by atoms with E-state index >= 15 is 0 Å². The average molecular weight is 377 g/mol. The van der Waals surface area contributed by atoms with E-state index < -0.39 is 5.82 Å². The van der Waals surface area contributed by atoms with E-state index in [-0.39, 0.29) is 29.9 Å². The quantitative estimate of drug-likeness (QED) is 0.840. The van der Waals surface area contributed by atoms with Crippen LogP contribution in [0.5, 0.6) is 0 Å². The van der Waals surface area contributed by atoms with E-state index in [0.717, 1.165) is 30.6 Å². The molecule has 1 saturated heterocycles. The number of carbonyl (C=O) groups is 1. The predicted octanol–water partition coefficient (Wildman–Crippen LogP) is 4.26. The number of benzene rings is 2. The lowest BCUT2D eigenvalue weighted by Crippen LogP contribution is -2.48. The lowest BCUT2D eigenvalue weighted by Gasteiger charge is -2.30. The van der Waals surface area contributed by atoms with Crippen LogP contribution >= 0.6 is 12.4 Å². The maximum Gasteiger partial charge on any atom is 0.254 e. The minimum absolute atomic E-state index is 0. The molecule has 2 N–H and O–H groups in total. The fourth-order valence-electron chi connectivity index (χ4n) is 3.27. The second kappa shape index (κ2) is 8.65. The number of piperidine rings is 1. The summed E-state index contributed by atoms with van der Waals surface area (Å²) >= 11 is 0. The van der Waals surface area contributed by atoms with Gasteiger partial charge in [0, 0.05) is 6.04 Å². The van der Waals surface area contributed by atoms with Crippen molar-refractivity contribution in [3.63, 3.8) is 0 Å². The van der Waals surface area contributed by atoms with Gasteiger partial charge in [0.15, 0.2) is 0 Å². The van der Waals surface area contributed by atoms with Crippen LogP contribution in [0.4, 0.5) is 4.39 Å². The van der Waals surface area contributed by atoms with Crippen LogP contribution in [0.25, 0.3) is 11.1 Å². The summed E-state index contributed by atoms with van der Waals surface area (Å²) in [5, 5.41) is 6.28. The normalized spacial score (nSPS) is 19.5. The van der Waals surface area contributed by atoms with Crippen LogP contribution < -0.4 is 10.6 Å². The first-order valence-electron chi connectivity index (χ1n) is 8.84. The minimum Gasteiger partial charge on any atom is -0.349 e. The second-order valence-electron chi connectivity index (χ2n) is 7.04. The fraction of sp³-hybridized carbons (Fsp3) is 0.381. The number of hydrogen-bond acceptors (Lipinski definition) is 2. The van der Waals surface area contributed by atoms with Crippen LogP contribution in [0.2, 0.25) is 0 Å². The molecule has 2 aromatic rings. The summed E-state index contributed by atoms with van der Waals surface area (Å²) in [6.45, 7) is 7.94. The molecule has 1 aliphatic heterocycles. The number of halogens is 2. The number of carbonyl (C=O) groups excluding carboxylic acids is 1. The zero-order chi connectivity index (χ0) is 18.0. The van der Waals surface area contributed by atoms with E-state index in [1.54, 1.807) is 6.07 Å². The number of rotatable bonds is 3. The van der Waals surface area contributed by atoms with Crippen molar-refractivity contribution < 1.29 is 9.18 Å². The van der Waals surface area contributed by atoms with Gasteiger partial charge in [-0.1, -0.05) is 31.2 Å². The van der Waals surface area contributed by atoms with E-state index in [1.807, 2.05) is 31.2 Å². The van der Waals surface area contributed by atoms with E-state index in [1.165, 1.54) is 17.2 Å². The Morgan fingerprint density at radius 2 is 1.81 bits per heavy atom. The Morgan fingerprint density at radius 3 is 2.46 bits per heavy atom. The molecule has 5 heteroatoms. The van der Waals surface area contributed by atoms with Gasteiger partial charge in [0.25, 0.3) is 5.91 Å². The first-order chi connectivity index (χ1) is 12.0. The molecule has 1 fully saturated rings. The molecule has 140 valence electrons. The molecule has 0 bridgehead atoms. The van der Waals surface area contributed by atoms with Gasteiger partial charge in [-0.3, -0.25) is 4.79 Å². The largest absolute Gasteiger partial charge is 0.349 e. The molecular weight excluding hydrogens is 351 g/mol. The third-order valence-corrected chi connectivity index (χ3v) is 5.16. The molecule has 0 aliphatic carbocycles. The molecule has 0 saturated carbocycles. The molecular formula is C21H26ClFN2O. The van der Waals surface area contributed by atoms with Gasteiger partial charge >= 0.3 is 0 Å². The molecule has 0 radical (unpaired) electrons. The van der Waals surface area contributed by atoms with Crippen LogP contribution in [-0.4, -0.2) is 25.0 Å². The number of hydrogen-bond donors (Lipinski definition) is 2. The Bertz CT molecular complexity index is 794. The number of amides is 1. The van der Waals surface area contributed by atoms with Crippen molar-refractivity contribution in [2.45, 2.75) is 33.2 Å². The molecule has 0 spiro atoms. The van der Waals surface area contributed by atoms with Crippen molar-refractivity contribution >= 4 is 18.3 Å². The molecule has 1 aliphatic rings.